The first-order valence-electron chi connectivity index (χ1n) is 4.66. The molecule has 1 aromatic rings. The lowest BCUT2D eigenvalue weighted by Crippen LogP contribution is -2.15. The predicted molar refractivity (Wildman–Crippen MR) is 54.4 cm³/mol. The van der Waals surface area contributed by atoms with Crippen LogP contribution in [0.2, 0.25) is 0 Å². The maximum Gasteiger partial charge on any atom is 0.143 e. The summed E-state index contributed by atoms with van der Waals surface area (Å²) in [6.07, 6.45) is 3.26. The van der Waals surface area contributed by atoms with Gasteiger partial charge in [0.15, 0.2) is 0 Å². The summed E-state index contributed by atoms with van der Waals surface area (Å²) in [7, 11) is 0. The Morgan fingerprint density at radius 2 is 2.43 bits per heavy atom. The van der Waals surface area contributed by atoms with E-state index in [-0.39, 0.29) is 5.84 Å². The third-order valence-electron chi connectivity index (χ3n) is 2.14. The first-order valence-corrected chi connectivity index (χ1v) is 4.66. The quantitative estimate of drug-likeness (QED) is 0.325. The second-order valence-corrected chi connectivity index (χ2v) is 3.25. The van der Waals surface area contributed by atoms with E-state index in [1.54, 1.807) is 6.20 Å². The van der Waals surface area contributed by atoms with E-state index in [0.717, 1.165) is 24.2 Å². The van der Waals surface area contributed by atoms with E-state index in [0.29, 0.717) is 6.42 Å². The molecule has 0 unspecified atom stereocenters. The second kappa shape index (κ2) is 4.64. The molecule has 0 aromatic carbocycles. The van der Waals surface area contributed by atoms with Crippen LogP contribution in [0.3, 0.4) is 0 Å². The van der Waals surface area contributed by atoms with Crippen LogP contribution in [0.5, 0.6) is 0 Å². The van der Waals surface area contributed by atoms with Crippen LogP contribution >= 0.6 is 0 Å². The molecule has 0 saturated carbocycles. The lowest BCUT2D eigenvalue weighted by molar-refractivity contribution is 0.317. The highest BCUT2D eigenvalue weighted by molar-refractivity contribution is 5.82. The van der Waals surface area contributed by atoms with Gasteiger partial charge >= 0.3 is 0 Å². The van der Waals surface area contributed by atoms with Crippen molar-refractivity contribution in [1.82, 2.24) is 9.78 Å². The number of nitrogens with two attached hydrogens (primary N) is 1. The molecular weight excluding hydrogens is 180 g/mol. The molecule has 0 bridgehead atoms. The molecule has 0 aliphatic heterocycles. The molecule has 1 heterocycles. The Morgan fingerprint density at radius 3 is 3.00 bits per heavy atom. The molecule has 0 amide bonds. The lowest BCUT2D eigenvalue weighted by atomic mass is 10.2. The number of amidine groups is 1. The molecule has 5 nitrogen and oxygen atoms in total. The summed E-state index contributed by atoms with van der Waals surface area (Å²) in [6.45, 7) is 5.00. The summed E-state index contributed by atoms with van der Waals surface area (Å²) in [5.41, 5.74) is 7.51. The molecule has 0 aliphatic rings. The zero-order valence-electron chi connectivity index (χ0n) is 8.56. The van der Waals surface area contributed by atoms with Crippen molar-refractivity contribution in [3.8, 4) is 0 Å². The fourth-order valence-electron chi connectivity index (χ4n) is 1.33. The maximum absolute atomic E-state index is 8.43. The molecule has 5 heteroatoms. The Bertz CT molecular complexity index is 330. The predicted octanol–water partition coefficient (Wildman–Crippen LogP) is 0.890. The number of oxime groups is 1. The van der Waals surface area contributed by atoms with Gasteiger partial charge in [-0.25, -0.2) is 0 Å². The number of nitrogens with zero attached hydrogens (tertiary/aromatic N) is 3. The molecule has 0 spiro atoms. The Morgan fingerprint density at radius 1 is 1.71 bits per heavy atom. The van der Waals surface area contributed by atoms with Crippen molar-refractivity contribution in [2.24, 2.45) is 10.9 Å². The Balaban J connectivity index is 2.79. The monoisotopic (exact) mass is 196 g/mol. The van der Waals surface area contributed by atoms with Gasteiger partial charge in [-0.1, -0.05) is 12.1 Å². The van der Waals surface area contributed by atoms with Gasteiger partial charge in [-0.05, 0) is 13.3 Å². The van der Waals surface area contributed by atoms with Crippen molar-refractivity contribution in [2.75, 3.05) is 0 Å². The van der Waals surface area contributed by atoms with Crippen molar-refractivity contribution in [3.63, 3.8) is 0 Å². The first kappa shape index (κ1) is 10.6. The van der Waals surface area contributed by atoms with Gasteiger partial charge in [-0.3, -0.25) is 4.68 Å². The van der Waals surface area contributed by atoms with Crippen molar-refractivity contribution in [1.29, 1.82) is 0 Å². The van der Waals surface area contributed by atoms with E-state index in [9.17, 15) is 0 Å². The molecule has 0 atom stereocenters. The summed E-state index contributed by atoms with van der Waals surface area (Å²) < 4.78 is 1.93. The third kappa shape index (κ3) is 2.25. The van der Waals surface area contributed by atoms with Crippen molar-refractivity contribution in [2.45, 2.75) is 33.2 Å². The van der Waals surface area contributed by atoms with Gasteiger partial charge < -0.3 is 10.9 Å². The largest absolute Gasteiger partial charge is 0.409 e. The minimum atomic E-state index is 0.212. The average Bonchev–Trinajstić information content (AvgIpc) is 2.50. The van der Waals surface area contributed by atoms with Crippen LogP contribution in [0.4, 0.5) is 0 Å². The fourth-order valence-corrected chi connectivity index (χ4v) is 1.33. The van der Waals surface area contributed by atoms with Crippen LogP contribution in [0, 0.1) is 6.92 Å². The van der Waals surface area contributed by atoms with Gasteiger partial charge in [0.25, 0.3) is 0 Å². The fraction of sp³-hybridized carbons (Fsp3) is 0.556. The smallest absolute Gasteiger partial charge is 0.143 e. The highest BCUT2D eigenvalue weighted by atomic mass is 16.4. The molecule has 0 saturated heterocycles. The van der Waals surface area contributed by atoms with Crippen LogP contribution in [0.25, 0.3) is 0 Å². The average molecular weight is 196 g/mol. The Labute approximate surface area is 83.2 Å². The molecule has 1 rings (SSSR count). The third-order valence-corrected chi connectivity index (χ3v) is 2.14. The highest BCUT2D eigenvalue weighted by Crippen LogP contribution is 2.08. The zero-order valence-corrected chi connectivity index (χ0v) is 8.56. The lowest BCUT2D eigenvalue weighted by Gasteiger charge is -2.02. The van der Waals surface area contributed by atoms with Gasteiger partial charge in [-0.2, -0.15) is 5.10 Å². The molecule has 0 radical (unpaired) electrons. The molecule has 78 valence electrons. The summed E-state index contributed by atoms with van der Waals surface area (Å²) in [5.74, 6) is 0.212. The number of rotatable bonds is 4. The van der Waals surface area contributed by atoms with E-state index < -0.39 is 0 Å². The number of hydrogen-bond acceptors (Lipinski definition) is 3. The summed E-state index contributed by atoms with van der Waals surface area (Å²) in [5, 5.41) is 15.6. The van der Waals surface area contributed by atoms with Gasteiger partial charge in [-0.15, -0.1) is 0 Å². The minimum Gasteiger partial charge on any atom is -0.409 e. The Kier molecular flexibility index (Phi) is 3.50. The van der Waals surface area contributed by atoms with Gasteiger partial charge in [0.1, 0.15) is 5.84 Å². The topological polar surface area (TPSA) is 76.4 Å². The molecule has 0 aliphatic carbocycles. The van der Waals surface area contributed by atoms with Gasteiger partial charge in [0.2, 0.25) is 0 Å². The van der Waals surface area contributed by atoms with Crippen LogP contribution in [0.15, 0.2) is 11.4 Å². The molecular formula is C9H16N4O. The maximum atomic E-state index is 8.43. The normalized spacial score (nSPS) is 12.0. The Hall–Kier alpha value is -1.52. The number of aromatic nitrogens is 2. The number of hydrogen-bond donors (Lipinski definition) is 2. The van der Waals surface area contributed by atoms with Crippen LogP contribution in [-0.2, 0) is 13.0 Å². The first-order chi connectivity index (χ1) is 6.69. The van der Waals surface area contributed by atoms with Crippen molar-refractivity contribution in [3.05, 3.63) is 17.5 Å². The summed E-state index contributed by atoms with van der Waals surface area (Å²) in [6, 6.07) is 0. The van der Waals surface area contributed by atoms with E-state index in [4.69, 9.17) is 10.9 Å². The standard InChI is InChI=1S/C9H16N4O/c1-3-4-13-7(2)8(6-11-13)5-9(10)12-14/h6,14H,3-5H2,1-2H3,(H2,10,12). The number of aryl methyl sites for hydroxylation is 1. The van der Waals surface area contributed by atoms with Gasteiger partial charge in [0, 0.05) is 24.2 Å². The van der Waals surface area contributed by atoms with E-state index in [1.165, 1.54) is 0 Å². The van der Waals surface area contributed by atoms with Crippen LogP contribution in [0.1, 0.15) is 24.6 Å². The molecule has 0 fully saturated rings. The highest BCUT2D eigenvalue weighted by Gasteiger charge is 2.07. The molecule has 1 aromatic heterocycles. The van der Waals surface area contributed by atoms with E-state index in [2.05, 4.69) is 17.2 Å². The SMILES string of the molecule is CCCn1ncc(C/C(N)=N/O)c1C. The van der Waals surface area contributed by atoms with Crippen molar-refractivity contribution < 1.29 is 5.21 Å². The van der Waals surface area contributed by atoms with E-state index in [1.807, 2.05) is 11.6 Å². The molecule has 14 heavy (non-hydrogen) atoms. The van der Waals surface area contributed by atoms with Crippen LogP contribution in [-0.4, -0.2) is 20.8 Å². The summed E-state index contributed by atoms with van der Waals surface area (Å²) in [4.78, 5) is 0. The van der Waals surface area contributed by atoms with E-state index >= 15 is 0 Å². The van der Waals surface area contributed by atoms with Crippen LogP contribution < -0.4 is 5.73 Å². The van der Waals surface area contributed by atoms with Crippen molar-refractivity contribution >= 4 is 5.84 Å². The van der Waals surface area contributed by atoms with Gasteiger partial charge in [0.05, 0.1) is 6.20 Å². The minimum absolute atomic E-state index is 0.212. The summed E-state index contributed by atoms with van der Waals surface area (Å²) >= 11 is 0. The second-order valence-electron chi connectivity index (χ2n) is 3.25. The zero-order chi connectivity index (χ0) is 10.6. The molecule has 3 N–H and O–H groups in total.